The van der Waals surface area contributed by atoms with Gasteiger partial charge in [0.05, 0.1) is 10.5 Å². The molecule has 0 radical (unpaired) electrons. The summed E-state index contributed by atoms with van der Waals surface area (Å²) in [4.78, 5) is 12.7. The van der Waals surface area contributed by atoms with Crippen LogP contribution >= 0.6 is 15.9 Å². The summed E-state index contributed by atoms with van der Waals surface area (Å²) in [5, 5.41) is 10.9. The summed E-state index contributed by atoms with van der Waals surface area (Å²) in [7, 11) is 0. The van der Waals surface area contributed by atoms with Gasteiger partial charge < -0.3 is 4.90 Å². The molecule has 1 saturated heterocycles. The number of hydrogen-bond acceptors (Lipinski definition) is 3. The van der Waals surface area contributed by atoms with Gasteiger partial charge in [-0.05, 0) is 37.3 Å². The van der Waals surface area contributed by atoms with Crippen molar-refractivity contribution in [3.63, 3.8) is 0 Å². The van der Waals surface area contributed by atoms with Crippen LogP contribution in [0.5, 0.6) is 0 Å². The molecule has 4 nitrogen and oxygen atoms in total. The Morgan fingerprint density at radius 1 is 1.35 bits per heavy atom. The molecule has 0 amide bonds. The molecular weight excluding hydrogens is 284 g/mol. The normalized spacial score (nSPS) is 15.7. The lowest BCUT2D eigenvalue weighted by atomic mass is 10.2. The first-order valence-corrected chi connectivity index (χ1v) is 6.32. The first kappa shape index (κ1) is 12.1. The average Bonchev–Trinajstić information content (AvgIpc) is 2.78. The zero-order valence-corrected chi connectivity index (χ0v) is 10.9. The Kier molecular flexibility index (Phi) is 3.78. The van der Waals surface area contributed by atoms with E-state index >= 15 is 0 Å². The summed E-state index contributed by atoms with van der Waals surface area (Å²) >= 11 is 3.33. The zero-order valence-electron chi connectivity index (χ0n) is 9.30. The Bertz CT molecular complexity index is 454. The zero-order chi connectivity index (χ0) is 12.3. The first-order valence-electron chi connectivity index (χ1n) is 5.53. The van der Waals surface area contributed by atoms with E-state index in [4.69, 9.17) is 0 Å². The Morgan fingerprint density at radius 3 is 2.71 bits per heavy atom. The third-order valence-electron chi connectivity index (χ3n) is 2.79. The highest BCUT2D eigenvalue weighted by molar-refractivity contribution is 9.10. The number of nitro groups is 1. The molecule has 90 valence electrons. The Labute approximate surface area is 108 Å². The standard InChI is InChI=1S/C12H13BrN2O2/c13-11-3-4-12(15(16)17)10(9-11)5-8-14-6-1-2-7-14/h3-5,8-9H,1-2,6-7H2/b8-5+. The van der Waals surface area contributed by atoms with Gasteiger partial charge in [-0.1, -0.05) is 15.9 Å². The van der Waals surface area contributed by atoms with Gasteiger partial charge >= 0.3 is 0 Å². The van der Waals surface area contributed by atoms with E-state index in [0.717, 1.165) is 17.6 Å². The van der Waals surface area contributed by atoms with Crippen molar-refractivity contribution >= 4 is 27.7 Å². The Balaban J connectivity index is 2.23. The lowest BCUT2D eigenvalue weighted by Crippen LogP contribution is -2.10. The third-order valence-corrected chi connectivity index (χ3v) is 3.29. The highest BCUT2D eigenvalue weighted by Crippen LogP contribution is 2.24. The highest BCUT2D eigenvalue weighted by Gasteiger charge is 2.12. The number of rotatable bonds is 3. The molecule has 0 unspecified atom stereocenters. The van der Waals surface area contributed by atoms with Crippen LogP contribution in [0.4, 0.5) is 5.69 Å². The van der Waals surface area contributed by atoms with Gasteiger partial charge in [0.15, 0.2) is 0 Å². The minimum absolute atomic E-state index is 0.142. The fraction of sp³-hybridized carbons (Fsp3) is 0.333. The fourth-order valence-electron chi connectivity index (χ4n) is 1.90. The fourth-order valence-corrected chi connectivity index (χ4v) is 2.28. The number of hydrogen-bond donors (Lipinski definition) is 0. The molecule has 1 aromatic rings. The van der Waals surface area contributed by atoms with Crippen molar-refractivity contribution in [2.24, 2.45) is 0 Å². The third kappa shape index (κ3) is 3.06. The van der Waals surface area contributed by atoms with Crippen LogP contribution in [0.15, 0.2) is 28.9 Å². The van der Waals surface area contributed by atoms with E-state index in [1.807, 2.05) is 12.3 Å². The summed E-state index contributed by atoms with van der Waals surface area (Å²) in [6, 6.07) is 4.98. The van der Waals surface area contributed by atoms with Crippen LogP contribution in [0.1, 0.15) is 18.4 Å². The summed E-state index contributed by atoms with van der Waals surface area (Å²) < 4.78 is 0.851. The maximum Gasteiger partial charge on any atom is 0.276 e. The summed E-state index contributed by atoms with van der Waals surface area (Å²) in [5.41, 5.74) is 0.778. The van der Waals surface area contributed by atoms with Gasteiger partial charge in [-0.15, -0.1) is 0 Å². The van der Waals surface area contributed by atoms with Gasteiger partial charge in [-0.2, -0.15) is 0 Å². The van der Waals surface area contributed by atoms with Gasteiger partial charge in [0, 0.05) is 23.6 Å². The van der Waals surface area contributed by atoms with E-state index in [0.29, 0.717) is 5.56 Å². The maximum absolute atomic E-state index is 10.9. The van der Waals surface area contributed by atoms with Crippen molar-refractivity contribution < 1.29 is 4.92 Å². The quantitative estimate of drug-likeness (QED) is 0.634. The number of nitro benzene ring substituents is 1. The molecule has 0 aromatic heterocycles. The van der Waals surface area contributed by atoms with E-state index in [1.165, 1.54) is 18.9 Å². The van der Waals surface area contributed by atoms with Crippen LogP contribution in [0.25, 0.3) is 6.08 Å². The van der Waals surface area contributed by atoms with Crippen LogP contribution in [-0.2, 0) is 0 Å². The van der Waals surface area contributed by atoms with Gasteiger partial charge in [0.1, 0.15) is 0 Å². The molecule has 0 atom stereocenters. The van der Waals surface area contributed by atoms with Gasteiger partial charge in [-0.25, -0.2) is 0 Å². The van der Waals surface area contributed by atoms with Crippen LogP contribution in [-0.4, -0.2) is 22.9 Å². The molecule has 1 aromatic carbocycles. The van der Waals surface area contributed by atoms with Crippen molar-refractivity contribution in [3.8, 4) is 0 Å². The van der Waals surface area contributed by atoms with E-state index in [1.54, 1.807) is 12.1 Å². The number of nitrogens with zero attached hydrogens (tertiary/aromatic N) is 2. The van der Waals surface area contributed by atoms with Crippen LogP contribution < -0.4 is 0 Å². The number of likely N-dealkylation sites (tertiary alicyclic amines) is 1. The monoisotopic (exact) mass is 296 g/mol. The molecule has 1 aliphatic rings. The predicted octanol–water partition coefficient (Wildman–Crippen LogP) is 3.42. The summed E-state index contributed by atoms with van der Waals surface area (Å²) in [5.74, 6) is 0. The molecule has 0 spiro atoms. The van der Waals surface area contributed by atoms with Gasteiger partial charge in [0.2, 0.25) is 0 Å². The van der Waals surface area contributed by atoms with Gasteiger partial charge in [0.25, 0.3) is 5.69 Å². The first-order chi connectivity index (χ1) is 8.16. The van der Waals surface area contributed by atoms with Crippen LogP contribution in [0.2, 0.25) is 0 Å². The lowest BCUT2D eigenvalue weighted by Gasteiger charge is -2.10. The van der Waals surface area contributed by atoms with Crippen molar-refractivity contribution in [2.75, 3.05) is 13.1 Å². The van der Waals surface area contributed by atoms with E-state index < -0.39 is 0 Å². The molecule has 5 heteroatoms. The molecule has 0 bridgehead atoms. The topological polar surface area (TPSA) is 46.4 Å². The second-order valence-corrected chi connectivity index (χ2v) is 4.93. The smallest absolute Gasteiger partial charge is 0.276 e. The molecular formula is C12H13BrN2O2. The second-order valence-electron chi connectivity index (χ2n) is 4.02. The van der Waals surface area contributed by atoms with Crippen molar-refractivity contribution in [1.82, 2.24) is 4.90 Å². The van der Waals surface area contributed by atoms with Crippen molar-refractivity contribution in [2.45, 2.75) is 12.8 Å². The minimum atomic E-state index is -0.351. The predicted molar refractivity (Wildman–Crippen MR) is 70.6 cm³/mol. The largest absolute Gasteiger partial charge is 0.377 e. The summed E-state index contributed by atoms with van der Waals surface area (Å²) in [6.07, 6.45) is 6.16. The number of halogens is 1. The van der Waals surface area contributed by atoms with Gasteiger partial charge in [-0.3, -0.25) is 10.1 Å². The Morgan fingerprint density at radius 2 is 2.06 bits per heavy atom. The molecule has 0 saturated carbocycles. The van der Waals surface area contributed by atoms with E-state index in [-0.39, 0.29) is 10.6 Å². The molecule has 1 heterocycles. The van der Waals surface area contributed by atoms with Crippen molar-refractivity contribution in [3.05, 3.63) is 44.5 Å². The van der Waals surface area contributed by atoms with E-state index in [9.17, 15) is 10.1 Å². The molecule has 17 heavy (non-hydrogen) atoms. The molecule has 0 N–H and O–H groups in total. The highest BCUT2D eigenvalue weighted by atomic mass is 79.9. The average molecular weight is 297 g/mol. The molecule has 1 fully saturated rings. The Hall–Kier alpha value is -1.36. The van der Waals surface area contributed by atoms with Crippen LogP contribution in [0.3, 0.4) is 0 Å². The SMILES string of the molecule is O=[N+]([O-])c1ccc(Br)cc1/C=C/N1CCCC1. The lowest BCUT2D eigenvalue weighted by molar-refractivity contribution is -0.385. The van der Waals surface area contributed by atoms with Crippen LogP contribution in [0, 0.1) is 10.1 Å². The molecule has 2 rings (SSSR count). The molecule has 1 aliphatic heterocycles. The minimum Gasteiger partial charge on any atom is -0.377 e. The second kappa shape index (κ2) is 5.31. The number of benzene rings is 1. The van der Waals surface area contributed by atoms with E-state index in [2.05, 4.69) is 20.8 Å². The van der Waals surface area contributed by atoms with Crippen molar-refractivity contribution in [1.29, 1.82) is 0 Å². The maximum atomic E-state index is 10.9. The summed E-state index contributed by atoms with van der Waals surface area (Å²) in [6.45, 7) is 2.08. The molecule has 0 aliphatic carbocycles.